The zero-order valence-electron chi connectivity index (χ0n) is 13.7. The average molecular weight is 333 g/mol. The molecule has 4 nitrogen and oxygen atoms in total. The van der Waals surface area contributed by atoms with E-state index in [1.165, 1.54) is 0 Å². The summed E-state index contributed by atoms with van der Waals surface area (Å²) >= 11 is 0. The third-order valence-corrected chi connectivity index (χ3v) is 4.53. The third-order valence-electron chi connectivity index (χ3n) is 3.23. The molecule has 0 aliphatic rings. The Labute approximate surface area is 138 Å². The Morgan fingerprint density at radius 3 is 2.35 bits per heavy atom. The fourth-order valence-electron chi connectivity index (χ4n) is 2.22. The second-order valence-corrected chi connectivity index (χ2v) is 7.69. The van der Waals surface area contributed by atoms with Gasteiger partial charge in [0.2, 0.25) is 10.0 Å². The van der Waals surface area contributed by atoms with Gasteiger partial charge >= 0.3 is 0 Å². The van der Waals surface area contributed by atoms with Gasteiger partial charge < -0.3 is 4.74 Å². The summed E-state index contributed by atoms with van der Waals surface area (Å²) in [4.78, 5) is 0. The van der Waals surface area contributed by atoms with E-state index in [0.29, 0.717) is 0 Å². The normalized spacial score (nSPS) is 11.7. The van der Waals surface area contributed by atoms with Gasteiger partial charge in [-0.3, -0.25) is 0 Å². The molecule has 0 atom stereocenters. The van der Waals surface area contributed by atoms with Crippen molar-refractivity contribution >= 4 is 10.0 Å². The van der Waals surface area contributed by atoms with Crippen molar-refractivity contribution in [3.63, 3.8) is 0 Å². The topological polar surface area (TPSA) is 55.4 Å². The largest absolute Gasteiger partial charge is 0.491 e. The van der Waals surface area contributed by atoms with Gasteiger partial charge in [0, 0.05) is 6.54 Å². The highest BCUT2D eigenvalue weighted by Crippen LogP contribution is 2.14. The Bertz CT molecular complexity index is 737. The number of nitrogens with one attached hydrogen (secondary N) is 1. The fourth-order valence-corrected chi connectivity index (χ4v) is 3.33. The number of hydrogen-bond donors (Lipinski definition) is 1. The minimum atomic E-state index is -3.36. The molecule has 2 aromatic rings. The standard InChI is InChI=1S/C18H23NO3S/c1-14(2)22-18-9-7-16(8-10-18)12-19-23(20,21)13-17-6-4-5-15(3)11-17/h4-11,14,19H,12-13H2,1-3H3. The minimum Gasteiger partial charge on any atom is -0.491 e. The Morgan fingerprint density at radius 2 is 1.74 bits per heavy atom. The molecule has 0 radical (unpaired) electrons. The highest BCUT2D eigenvalue weighted by Gasteiger charge is 2.11. The third kappa shape index (κ3) is 6.04. The molecule has 0 aliphatic carbocycles. The summed E-state index contributed by atoms with van der Waals surface area (Å²) < 4.78 is 32.5. The van der Waals surface area contributed by atoms with Crippen LogP contribution in [0.5, 0.6) is 5.75 Å². The molecule has 0 saturated heterocycles. The van der Waals surface area contributed by atoms with Crippen LogP contribution in [0, 0.1) is 6.92 Å². The van der Waals surface area contributed by atoms with E-state index in [2.05, 4.69) is 4.72 Å². The monoisotopic (exact) mass is 333 g/mol. The molecule has 2 aromatic carbocycles. The molecule has 0 heterocycles. The lowest BCUT2D eigenvalue weighted by atomic mass is 10.2. The minimum absolute atomic E-state index is 0.0107. The molecule has 0 aliphatic heterocycles. The van der Waals surface area contributed by atoms with E-state index in [0.717, 1.165) is 22.4 Å². The zero-order chi connectivity index (χ0) is 16.9. The Balaban J connectivity index is 1.93. The van der Waals surface area contributed by atoms with Crippen molar-refractivity contribution in [1.29, 1.82) is 0 Å². The van der Waals surface area contributed by atoms with E-state index in [1.54, 1.807) is 0 Å². The highest BCUT2D eigenvalue weighted by atomic mass is 32.2. The molecule has 124 valence electrons. The van der Waals surface area contributed by atoms with E-state index in [1.807, 2.05) is 69.3 Å². The van der Waals surface area contributed by atoms with Gasteiger partial charge in [0.25, 0.3) is 0 Å². The maximum atomic E-state index is 12.2. The van der Waals surface area contributed by atoms with E-state index >= 15 is 0 Å². The fraction of sp³-hybridized carbons (Fsp3) is 0.333. The van der Waals surface area contributed by atoms with Crippen LogP contribution in [0.2, 0.25) is 0 Å². The molecule has 0 aromatic heterocycles. The van der Waals surface area contributed by atoms with Crippen LogP contribution in [0.15, 0.2) is 48.5 Å². The van der Waals surface area contributed by atoms with Gasteiger partial charge in [-0.15, -0.1) is 0 Å². The first-order valence-corrected chi connectivity index (χ1v) is 9.28. The van der Waals surface area contributed by atoms with Crippen LogP contribution >= 0.6 is 0 Å². The van der Waals surface area contributed by atoms with Crippen molar-refractivity contribution in [2.75, 3.05) is 0 Å². The molecule has 0 saturated carbocycles. The molecule has 5 heteroatoms. The second kappa shape index (κ2) is 7.62. The molecular formula is C18H23NO3S. The van der Waals surface area contributed by atoms with Crippen LogP contribution < -0.4 is 9.46 Å². The van der Waals surface area contributed by atoms with Gasteiger partial charge in [0.15, 0.2) is 0 Å². The summed E-state index contributed by atoms with van der Waals surface area (Å²) in [5.41, 5.74) is 2.74. The van der Waals surface area contributed by atoms with Crippen molar-refractivity contribution < 1.29 is 13.2 Å². The summed E-state index contributed by atoms with van der Waals surface area (Å²) in [6, 6.07) is 15.0. The molecule has 1 N–H and O–H groups in total. The highest BCUT2D eigenvalue weighted by molar-refractivity contribution is 7.88. The molecular weight excluding hydrogens is 310 g/mol. The van der Waals surface area contributed by atoms with Crippen molar-refractivity contribution in [3.8, 4) is 5.75 Å². The van der Waals surface area contributed by atoms with Crippen LogP contribution in [0.25, 0.3) is 0 Å². The molecule has 0 bridgehead atoms. The molecule has 0 fully saturated rings. The average Bonchev–Trinajstić information content (AvgIpc) is 2.45. The van der Waals surface area contributed by atoms with E-state index in [9.17, 15) is 8.42 Å². The first-order chi connectivity index (χ1) is 10.8. The summed E-state index contributed by atoms with van der Waals surface area (Å²) in [7, 11) is -3.36. The summed E-state index contributed by atoms with van der Waals surface area (Å²) in [5, 5.41) is 0. The predicted octanol–water partition coefficient (Wildman–Crippen LogP) is 3.40. The van der Waals surface area contributed by atoms with Gasteiger partial charge in [0.1, 0.15) is 5.75 Å². The zero-order valence-corrected chi connectivity index (χ0v) is 14.6. The summed E-state index contributed by atoms with van der Waals surface area (Å²) in [5.74, 6) is 0.773. The van der Waals surface area contributed by atoms with Gasteiger partial charge in [-0.25, -0.2) is 13.1 Å². The predicted molar refractivity (Wildman–Crippen MR) is 92.8 cm³/mol. The maximum absolute atomic E-state index is 12.2. The van der Waals surface area contributed by atoms with Crippen LogP contribution in [0.4, 0.5) is 0 Å². The van der Waals surface area contributed by atoms with Crippen molar-refractivity contribution in [2.24, 2.45) is 0 Å². The summed E-state index contributed by atoms with van der Waals surface area (Å²) in [6.07, 6.45) is 0.119. The number of aryl methyl sites for hydroxylation is 1. The molecule has 23 heavy (non-hydrogen) atoms. The number of hydrogen-bond acceptors (Lipinski definition) is 3. The lowest BCUT2D eigenvalue weighted by molar-refractivity contribution is 0.242. The van der Waals surface area contributed by atoms with Crippen LogP contribution in [0.3, 0.4) is 0 Å². The number of ether oxygens (including phenoxy) is 1. The SMILES string of the molecule is Cc1cccc(CS(=O)(=O)NCc2ccc(OC(C)C)cc2)c1. The summed E-state index contributed by atoms with van der Waals surface area (Å²) in [6.45, 7) is 6.15. The number of benzene rings is 2. The van der Waals surface area contributed by atoms with Crippen LogP contribution in [-0.4, -0.2) is 14.5 Å². The quantitative estimate of drug-likeness (QED) is 0.845. The lowest BCUT2D eigenvalue weighted by Crippen LogP contribution is -2.24. The Morgan fingerprint density at radius 1 is 1.04 bits per heavy atom. The molecule has 0 unspecified atom stereocenters. The van der Waals surface area contributed by atoms with Crippen molar-refractivity contribution in [1.82, 2.24) is 4.72 Å². The van der Waals surface area contributed by atoms with Crippen molar-refractivity contribution in [2.45, 2.75) is 39.2 Å². The van der Waals surface area contributed by atoms with Gasteiger partial charge in [-0.1, -0.05) is 42.0 Å². The van der Waals surface area contributed by atoms with Gasteiger partial charge in [-0.05, 0) is 44.0 Å². The number of sulfonamides is 1. The Kier molecular flexibility index (Phi) is 5.80. The first kappa shape index (κ1) is 17.5. The van der Waals surface area contributed by atoms with Gasteiger partial charge in [0.05, 0.1) is 11.9 Å². The van der Waals surface area contributed by atoms with Crippen molar-refractivity contribution in [3.05, 3.63) is 65.2 Å². The molecule has 2 rings (SSSR count). The van der Waals surface area contributed by atoms with E-state index in [-0.39, 0.29) is 18.4 Å². The Hall–Kier alpha value is -1.85. The van der Waals surface area contributed by atoms with Crippen LogP contribution in [0.1, 0.15) is 30.5 Å². The number of rotatable bonds is 7. The molecule has 0 amide bonds. The van der Waals surface area contributed by atoms with Crippen LogP contribution in [-0.2, 0) is 22.3 Å². The van der Waals surface area contributed by atoms with Gasteiger partial charge in [-0.2, -0.15) is 0 Å². The first-order valence-electron chi connectivity index (χ1n) is 7.62. The lowest BCUT2D eigenvalue weighted by Gasteiger charge is -2.11. The maximum Gasteiger partial charge on any atom is 0.216 e. The molecule has 0 spiro atoms. The smallest absolute Gasteiger partial charge is 0.216 e. The van der Waals surface area contributed by atoms with E-state index in [4.69, 9.17) is 4.74 Å². The second-order valence-electron chi connectivity index (χ2n) is 5.88. The van der Waals surface area contributed by atoms with E-state index < -0.39 is 10.0 Å².